The van der Waals surface area contributed by atoms with Crippen molar-refractivity contribution in [2.75, 3.05) is 7.05 Å². The van der Waals surface area contributed by atoms with E-state index in [4.69, 9.17) is 4.74 Å². The van der Waals surface area contributed by atoms with Gasteiger partial charge in [-0.15, -0.1) is 0 Å². The number of nitrogens with one attached hydrogen (secondary N) is 1. The average molecular weight is 277 g/mol. The molecule has 2 aromatic rings. The van der Waals surface area contributed by atoms with E-state index in [0.29, 0.717) is 5.75 Å². The highest BCUT2D eigenvalue weighted by Crippen LogP contribution is 2.23. The maximum atomic E-state index is 11.6. The Labute approximate surface area is 113 Å². The molecule has 1 N–H and O–H groups in total. The Hall–Kier alpha value is -1.85. The molecule has 0 unspecified atom stereocenters. The second-order valence-corrected chi connectivity index (χ2v) is 5.98. The number of sulfonamides is 1. The maximum Gasteiger partial charge on any atom is 0.240 e. The molecule has 0 heterocycles. The molecule has 0 spiro atoms. The fourth-order valence-electron chi connectivity index (χ4n) is 1.55. The first-order valence-corrected chi connectivity index (χ1v) is 7.28. The van der Waals surface area contributed by atoms with Crippen LogP contribution >= 0.6 is 0 Å². The van der Waals surface area contributed by atoms with E-state index in [2.05, 4.69) is 4.72 Å². The van der Waals surface area contributed by atoms with Crippen molar-refractivity contribution in [3.63, 3.8) is 0 Å². The Morgan fingerprint density at radius 2 is 1.37 bits per heavy atom. The summed E-state index contributed by atoms with van der Waals surface area (Å²) in [6.07, 6.45) is 0. The largest absolute Gasteiger partial charge is 0.457 e. The highest BCUT2D eigenvalue weighted by Gasteiger charge is 2.10. The molecule has 0 aliphatic carbocycles. The standard InChI is InChI=1S/C14H15NO3S/c1-11-3-5-12(6-4-11)18-13-7-9-14(10-8-13)19(16,17)15-2/h3-10,15H,1-2H3. The molecule has 19 heavy (non-hydrogen) atoms. The van der Waals surface area contributed by atoms with Gasteiger partial charge in [0.25, 0.3) is 0 Å². The first-order valence-electron chi connectivity index (χ1n) is 5.79. The third kappa shape index (κ3) is 3.33. The summed E-state index contributed by atoms with van der Waals surface area (Å²) in [4.78, 5) is 0.214. The van der Waals surface area contributed by atoms with Gasteiger partial charge in [-0.2, -0.15) is 0 Å². The van der Waals surface area contributed by atoms with E-state index in [9.17, 15) is 8.42 Å². The summed E-state index contributed by atoms with van der Waals surface area (Å²) in [7, 11) is -2.02. The van der Waals surface area contributed by atoms with E-state index < -0.39 is 10.0 Å². The lowest BCUT2D eigenvalue weighted by Gasteiger charge is -2.07. The lowest BCUT2D eigenvalue weighted by atomic mass is 10.2. The first-order chi connectivity index (χ1) is 9.01. The van der Waals surface area contributed by atoms with Gasteiger partial charge in [-0.1, -0.05) is 17.7 Å². The van der Waals surface area contributed by atoms with Crippen molar-refractivity contribution in [2.45, 2.75) is 11.8 Å². The summed E-state index contributed by atoms with van der Waals surface area (Å²) in [5.41, 5.74) is 1.16. The second kappa shape index (κ2) is 5.42. The molecule has 0 amide bonds. The van der Waals surface area contributed by atoms with E-state index in [1.807, 2.05) is 31.2 Å². The number of ether oxygens (including phenoxy) is 1. The zero-order chi connectivity index (χ0) is 13.9. The Morgan fingerprint density at radius 3 is 1.84 bits per heavy atom. The maximum absolute atomic E-state index is 11.6. The number of rotatable bonds is 4. The van der Waals surface area contributed by atoms with Crippen molar-refractivity contribution in [2.24, 2.45) is 0 Å². The van der Waals surface area contributed by atoms with Gasteiger partial charge in [0.05, 0.1) is 4.90 Å². The molecule has 2 aromatic carbocycles. The highest BCUT2D eigenvalue weighted by atomic mass is 32.2. The van der Waals surface area contributed by atoms with Crippen molar-refractivity contribution >= 4 is 10.0 Å². The van der Waals surface area contributed by atoms with Gasteiger partial charge in [0.15, 0.2) is 0 Å². The van der Waals surface area contributed by atoms with Crippen LogP contribution < -0.4 is 9.46 Å². The molecule has 0 aromatic heterocycles. The molecule has 0 saturated heterocycles. The molecule has 0 saturated carbocycles. The van der Waals surface area contributed by atoms with E-state index in [0.717, 1.165) is 11.3 Å². The number of aryl methyl sites for hydroxylation is 1. The molecular weight excluding hydrogens is 262 g/mol. The van der Waals surface area contributed by atoms with Crippen molar-refractivity contribution < 1.29 is 13.2 Å². The van der Waals surface area contributed by atoms with E-state index in [1.165, 1.54) is 19.2 Å². The number of benzene rings is 2. The molecule has 0 radical (unpaired) electrons. The van der Waals surface area contributed by atoms with Gasteiger partial charge in [-0.05, 0) is 50.4 Å². The van der Waals surface area contributed by atoms with Gasteiger partial charge in [0.2, 0.25) is 10.0 Å². The van der Waals surface area contributed by atoms with E-state index in [1.54, 1.807) is 12.1 Å². The molecule has 0 bridgehead atoms. The minimum absolute atomic E-state index is 0.214. The van der Waals surface area contributed by atoms with Crippen LogP contribution in [0.4, 0.5) is 0 Å². The molecule has 0 aliphatic heterocycles. The molecule has 0 fully saturated rings. The Bertz CT molecular complexity index is 646. The first kappa shape index (κ1) is 13.6. The summed E-state index contributed by atoms with van der Waals surface area (Å²) >= 11 is 0. The van der Waals surface area contributed by atoms with Crippen LogP contribution in [0.25, 0.3) is 0 Å². The third-order valence-corrected chi connectivity index (χ3v) is 4.09. The van der Waals surface area contributed by atoms with Crippen LogP contribution in [0.3, 0.4) is 0 Å². The van der Waals surface area contributed by atoms with Gasteiger partial charge in [0.1, 0.15) is 11.5 Å². The monoisotopic (exact) mass is 277 g/mol. The number of hydrogen-bond donors (Lipinski definition) is 1. The summed E-state index contributed by atoms with van der Waals surface area (Å²) in [6, 6.07) is 13.9. The van der Waals surface area contributed by atoms with Crippen LogP contribution in [0.15, 0.2) is 53.4 Å². The zero-order valence-corrected chi connectivity index (χ0v) is 11.6. The fraction of sp³-hybridized carbons (Fsp3) is 0.143. The van der Waals surface area contributed by atoms with Gasteiger partial charge in [-0.3, -0.25) is 0 Å². The van der Waals surface area contributed by atoms with Crippen molar-refractivity contribution in [1.82, 2.24) is 4.72 Å². The van der Waals surface area contributed by atoms with E-state index >= 15 is 0 Å². The zero-order valence-electron chi connectivity index (χ0n) is 10.8. The second-order valence-electron chi connectivity index (χ2n) is 4.09. The summed E-state index contributed by atoms with van der Waals surface area (Å²) in [6.45, 7) is 2.00. The summed E-state index contributed by atoms with van der Waals surface area (Å²) < 4.78 is 31.0. The molecule has 0 aliphatic rings. The van der Waals surface area contributed by atoms with Crippen LogP contribution in [-0.4, -0.2) is 15.5 Å². The molecule has 100 valence electrons. The summed E-state index contributed by atoms with van der Waals surface area (Å²) in [5, 5.41) is 0. The van der Waals surface area contributed by atoms with E-state index in [-0.39, 0.29) is 4.90 Å². The molecule has 5 heteroatoms. The lowest BCUT2D eigenvalue weighted by Crippen LogP contribution is -2.18. The normalized spacial score (nSPS) is 11.3. The van der Waals surface area contributed by atoms with Crippen LogP contribution in [-0.2, 0) is 10.0 Å². The van der Waals surface area contributed by atoms with Gasteiger partial charge in [0, 0.05) is 0 Å². The Balaban J connectivity index is 2.17. The Morgan fingerprint density at radius 1 is 0.895 bits per heavy atom. The van der Waals surface area contributed by atoms with Crippen LogP contribution in [0, 0.1) is 6.92 Å². The molecule has 0 atom stereocenters. The van der Waals surface area contributed by atoms with Crippen LogP contribution in [0.2, 0.25) is 0 Å². The van der Waals surface area contributed by atoms with Gasteiger partial charge >= 0.3 is 0 Å². The minimum Gasteiger partial charge on any atom is -0.457 e. The Kier molecular flexibility index (Phi) is 3.87. The highest BCUT2D eigenvalue weighted by molar-refractivity contribution is 7.89. The fourth-order valence-corrected chi connectivity index (χ4v) is 2.28. The van der Waals surface area contributed by atoms with Crippen LogP contribution in [0.1, 0.15) is 5.56 Å². The molecule has 4 nitrogen and oxygen atoms in total. The topological polar surface area (TPSA) is 55.4 Å². The van der Waals surface area contributed by atoms with Gasteiger partial charge in [-0.25, -0.2) is 13.1 Å². The third-order valence-electron chi connectivity index (χ3n) is 2.66. The molecule has 2 rings (SSSR count). The molecular formula is C14H15NO3S. The predicted molar refractivity (Wildman–Crippen MR) is 73.9 cm³/mol. The van der Waals surface area contributed by atoms with Crippen LogP contribution in [0.5, 0.6) is 11.5 Å². The van der Waals surface area contributed by atoms with Gasteiger partial charge < -0.3 is 4.74 Å². The smallest absolute Gasteiger partial charge is 0.240 e. The minimum atomic E-state index is -3.40. The lowest BCUT2D eigenvalue weighted by molar-refractivity contribution is 0.482. The SMILES string of the molecule is CNS(=O)(=O)c1ccc(Oc2ccc(C)cc2)cc1. The van der Waals surface area contributed by atoms with Crippen molar-refractivity contribution in [1.29, 1.82) is 0 Å². The predicted octanol–water partition coefficient (Wildman–Crippen LogP) is 2.70. The van der Waals surface area contributed by atoms with Crippen molar-refractivity contribution in [3.05, 3.63) is 54.1 Å². The summed E-state index contributed by atoms with van der Waals surface area (Å²) in [5.74, 6) is 1.31. The quantitative estimate of drug-likeness (QED) is 0.934. The number of hydrogen-bond acceptors (Lipinski definition) is 3. The average Bonchev–Trinajstić information content (AvgIpc) is 2.42. The van der Waals surface area contributed by atoms with Crippen molar-refractivity contribution in [3.8, 4) is 11.5 Å².